The van der Waals surface area contributed by atoms with Gasteiger partial charge in [-0.25, -0.2) is 4.85 Å². The van der Waals surface area contributed by atoms with Crippen LogP contribution in [0.5, 0.6) is 5.75 Å². The summed E-state index contributed by atoms with van der Waals surface area (Å²) < 4.78 is 77.7. The summed E-state index contributed by atoms with van der Waals surface area (Å²) in [6, 6.07) is -2.60. The molecule has 4 rings (SSSR count). The van der Waals surface area contributed by atoms with Gasteiger partial charge in [-0.3, -0.25) is 0 Å². The summed E-state index contributed by atoms with van der Waals surface area (Å²) in [4.78, 5) is 7.63. The molecule has 3 aromatic rings. The molecule has 0 saturated heterocycles. The first kappa shape index (κ1) is 12.5. The zero-order chi connectivity index (χ0) is 28.1. The lowest BCUT2D eigenvalue weighted by atomic mass is 10.0. The first-order valence-corrected chi connectivity index (χ1v) is 9.75. The smallest absolute Gasteiger partial charge is 0.256 e. The molecule has 2 aromatic carbocycles. The first-order valence-electron chi connectivity index (χ1n) is 13.7. The van der Waals surface area contributed by atoms with Crippen molar-refractivity contribution in [2.45, 2.75) is 52.2 Å². The van der Waals surface area contributed by atoms with Crippen LogP contribution in [0.25, 0.3) is 27.7 Å². The third kappa shape index (κ3) is 3.94. The fourth-order valence-corrected chi connectivity index (χ4v) is 3.32. The quantitative estimate of drug-likeness (QED) is 0.504. The molecule has 1 aliphatic rings. The molecule has 1 aromatic heterocycles. The van der Waals surface area contributed by atoms with Gasteiger partial charge in [-0.1, -0.05) is 30.2 Å². The largest absolute Gasteiger partial charge is 0.502 e. The van der Waals surface area contributed by atoms with E-state index in [0.717, 1.165) is 0 Å². The Bertz CT molecular complexity index is 1470. The normalized spacial score (nSPS) is 19.5. The number of nitrogens with one attached hydrogen (secondary N) is 1. The fourth-order valence-electron chi connectivity index (χ4n) is 3.32. The molecule has 0 saturated carbocycles. The zero-order valence-electron chi connectivity index (χ0n) is 24.9. The molecule has 1 atom stereocenters. The van der Waals surface area contributed by atoms with Crippen molar-refractivity contribution in [3.63, 3.8) is 0 Å². The van der Waals surface area contributed by atoms with Crippen LogP contribution in [0.15, 0.2) is 40.8 Å². The van der Waals surface area contributed by atoms with Gasteiger partial charge in [0.2, 0.25) is 11.5 Å². The van der Waals surface area contributed by atoms with Gasteiger partial charge in [0.1, 0.15) is 5.75 Å². The van der Waals surface area contributed by atoms with Crippen LogP contribution in [-0.2, 0) is 6.42 Å². The Labute approximate surface area is 188 Å². The molecule has 1 aliphatic carbocycles. The van der Waals surface area contributed by atoms with Gasteiger partial charge >= 0.3 is 0 Å². The Balaban J connectivity index is 1.87. The summed E-state index contributed by atoms with van der Waals surface area (Å²) in [6.45, 7) is 10.9. The third-order valence-electron chi connectivity index (χ3n) is 4.58. The van der Waals surface area contributed by atoms with Crippen LogP contribution in [0.1, 0.15) is 61.7 Å². The van der Waals surface area contributed by atoms with Crippen molar-refractivity contribution < 1.29 is 20.2 Å². The number of benzene rings is 2. The number of hydrogen-bond acceptors (Lipinski definition) is 5. The molecule has 154 valence electrons. The summed E-state index contributed by atoms with van der Waals surface area (Å²) in [5.74, 6) is -0.560. The molecule has 0 amide bonds. The maximum Gasteiger partial charge on any atom is 0.256 e. The van der Waals surface area contributed by atoms with Crippen LogP contribution in [0.3, 0.4) is 0 Å². The minimum absolute atomic E-state index is 0.0916. The highest BCUT2D eigenvalue weighted by molar-refractivity contribution is 5.70. The van der Waals surface area contributed by atoms with Gasteiger partial charge in [-0.15, -0.1) is 0 Å². The third-order valence-corrected chi connectivity index (χ3v) is 4.58. The van der Waals surface area contributed by atoms with Crippen molar-refractivity contribution in [2.75, 3.05) is 6.50 Å². The highest BCUT2D eigenvalue weighted by Crippen LogP contribution is 2.38. The summed E-state index contributed by atoms with van der Waals surface area (Å²) in [5.41, 5.74) is 0.617. The van der Waals surface area contributed by atoms with Crippen LogP contribution in [-0.4, -0.2) is 22.7 Å². The topological polar surface area (TPSA) is 64.5 Å². The van der Waals surface area contributed by atoms with Crippen molar-refractivity contribution in [3.05, 3.63) is 58.8 Å². The van der Waals surface area contributed by atoms with Gasteiger partial charge in [0, 0.05) is 21.3 Å². The molecule has 1 N–H and O–H groups in total. The Morgan fingerprint density at radius 2 is 2.27 bits per heavy atom. The van der Waals surface area contributed by atoms with E-state index in [9.17, 15) is 0 Å². The number of nitrogens with zero attached hydrogens (tertiary/aromatic N) is 3. The molecule has 0 bridgehead atoms. The second-order valence-corrected chi connectivity index (χ2v) is 7.04. The summed E-state index contributed by atoms with van der Waals surface area (Å²) in [6.07, 6.45) is 0.649. The maximum absolute atomic E-state index is 8.53. The molecule has 30 heavy (non-hydrogen) atoms. The van der Waals surface area contributed by atoms with E-state index in [-0.39, 0.29) is 64.9 Å². The van der Waals surface area contributed by atoms with Gasteiger partial charge in [0.25, 0.3) is 5.89 Å². The first-order chi connectivity index (χ1) is 17.8. The Morgan fingerprint density at radius 1 is 1.40 bits per heavy atom. The average molecular weight is 411 g/mol. The van der Waals surface area contributed by atoms with E-state index in [0.29, 0.717) is 24.0 Å². The lowest BCUT2D eigenvalue weighted by molar-refractivity contribution is 0.244. The molecule has 0 radical (unpaired) electrons. The predicted molar refractivity (Wildman–Crippen MR) is 117 cm³/mol. The molecule has 1 heterocycles. The lowest BCUT2D eigenvalue weighted by Crippen LogP contribution is -2.19. The minimum Gasteiger partial charge on any atom is -0.502 e. The predicted octanol–water partition coefficient (Wildman–Crippen LogP) is 5.73. The molecule has 0 unspecified atom stereocenters. The van der Waals surface area contributed by atoms with Crippen molar-refractivity contribution in [3.8, 4) is 28.6 Å². The second kappa shape index (κ2) is 8.68. The Morgan fingerprint density at radius 3 is 3.03 bits per heavy atom. The Hall–Kier alpha value is -3.17. The molecule has 0 fully saturated rings. The van der Waals surface area contributed by atoms with E-state index in [1.165, 1.54) is 0 Å². The van der Waals surface area contributed by atoms with Crippen LogP contribution in [0, 0.1) is 6.57 Å². The molecule has 6 heteroatoms. The second-order valence-electron chi connectivity index (χ2n) is 7.04. The van der Waals surface area contributed by atoms with E-state index in [4.69, 9.17) is 26.8 Å². The van der Waals surface area contributed by atoms with Crippen molar-refractivity contribution in [1.29, 1.82) is 0 Å². The van der Waals surface area contributed by atoms with Gasteiger partial charge in [-0.05, 0) is 68.9 Å². The van der Waals surface area contributed by atoms with Gasteiger partial charge in [-0.2, -0.15) is 4.98 Å². The SMILES string of the molecule is [2H]c1c([2H])c(-c2noc(-c3c([2H])c([2H])c(OC(C)C)c([N+]#[C-])c3[2H])n2)c2c(c1[2H])[C@@H](NC([2H])([2H])CC)CC2. The van der Waals surface area contributed by atoms with Crippen LogP contribution in [0.4, 0.5) is 5.69 Å². The molecule has 0 spiro atoms. The standard InChI is InChI=1S/C24H26N4O2/c1-5-13-26-20-11-10-17-18(20)7-6-8-19(17)23-27-24(30-28-23)16-9-12-22(29-15(2)3)21(14-16)25-4/h6-9,12,14-15,20,26H,5,10-11,13H2,1-3H3/t20-/m0/s1/i6D,7D,8D,9D,12D,13D2,14D. The van der Waals surface area contributed by atoms with Gasteiger partial charge in [0.15, 0.2) is 0 Å². The van der Waals surface area contributed by atoms with Crippen LogP contribution < -0.4 is 10.1 Å². The highest BCUT2D eigenvalue weighted by atomic mass is 16.5. The molecule has 6 nitrogen and oxygen atoms in total. The van der Waals surface area contributed by atoms with Crippen molar-refractivity contribution in [2.24, 2.45) is 0 Å². The zero-order valence-corrected chi connectivity index (χ0v) is 16.9. The molecule has 0 aliphatic heterocycles. The average Bonchev–Trinajstić information content (AvgIpc) is 3.49. The summed E-state index contributed by atoms with van der Waals surface area (Å²) >= 11 is 0. The van der Waals surface area contributed by atoms with Crippen LogP contribution in [0.2, 0.25) is 0 Å². The molecular formula is C24H26N4O2. The highest BCUT2D eigenvalue weighted by Gasteiger charge is 2.26. The number of ether oxygens (including phenoxy) is 1. The van der Waals surface area contributed by atoms with Gasteiger partial charge < -0.3 is 14.6 Å². The van der Waals surface area contributed by atoms with Gasteiger partial charge in [0.05, 0.1) is 19.5 Å². The van der Waals surface area contributed by atoms with E-state index < -0.39 is 30.7 Å². The summed E-state index contributed by atoms with van der Waals surface area (Å²) in [7, 11) is 0. The van der Waals surface area contributed by atoms with E-state index in [2.05, 4.69) is 20.3 Å². The number of fused-ring (bicyclic) bond motifs is 1. The number of rotatable bonds is 7. The lowest BCUT2D eigenvalue weighted by Gasteiger charge is -2.13. The minimum atomic E-state index is -1.69. The number of aromatic nitrogens is 2. The van der Waals surface area contributed by atoms with Crippen LogP contribution >= 0.6 is 0 Å². The monoisotopic (exact) mass is 410 g/mol. The number of hydrogen-bond donors (Lipinski definition) is 1. The molecular weight excluding hydrogens is 376 g/mol. The van der Waals surface area contributed by atoms with E-state index >= 15 is 0 Å². The van der Waals surface area contributed by atoms with Crippen molar-refractivity contribution >= 4 is 5.69 Å². The maximum atomic E-state index is 8.53. The fraction of sp³-hybridized carbons (Fsp3) is 0.375. The van der Waals surface area contributed by atoms with E-state index in [1.807, 2.05) is 0 Å². The Kier molecular flexibility index (Phi) is 3.62. The van der Waals surface area contributed by atoms with Crippen molar-refractivity contribution in [1.82, 2.24) is 15.5 Å². The van der Waals surface area contributed by atoms with E-state index in [1.54, 1.807) is 20.8 Å². The summed E-state index contributed by atoms with van der Waals surface area (Å²) in [5, 5.41) is 6.85.